The van der Waals surface area contributed by atoms with Gasteiger partial charge in [-0.3, -0.25) is 4.79 Å². The topological polar surface area (TPSA) is 17.1 Å². The number of carbonyl (C=O) groups excluding carboxylic acids is 1. The Bertz CT molecular complexity index is 68.5. The molecule has 0 spiro atoms. The highest BCUT2D eigenvalue weighted by Gasteiger charge is 2.03. The van der Waals surface area contributed by atoms with Gasteiger partial charge in [0, 0.05) is 0 Å². The van der Waals surface area contributed by atoms with E-state index in [0.29, 0.717) is 16.7 Å². The summed E-state index contributed by atoms with van der Waals surface area (Å²) in [6.07, 6.45) is 4.14. The molecular weight excluding hydrogens is 108 g/mol. The zero-order valence-electron chi connectivity index (χ0n) is 5.02. The third kappa shape index (κ3) is 6.02. The Morgan fingerprint density at radius 2 is 2.00 bits per heavy atom. The average Bonchev–Trinajstić information content (AvgIpc) is 1.27. The van der Waals surface area contributed by atoms with E-state index in [4.69, 9.17) is 0 Å². The zero-order valence-corrected chi connectivity index (χ0v) is 5.84. The van der Waals surface area contributed by atoms with Crippen molar-refractivity contribution >= 4 is 16.7 Å². The molecule has 2 heteroatoms. The van der Waals surface area contributed by atoms with E-state index in [1.165, 1.54) is 0 Å². The summed E-state index contributed by atoms with van der Waals surface area (Å²) in [4.78, 5) is 10.3. The van der Waals surface area contributed by atoms with Crippen LogP contribution in [-0.4, -0.2) is 24.0 Å². The summed E-state index contributed by atoms with van der Waals surface area (Å²) < 4.78 is 0. The first-order chi connectivity index (χ1) is 3.13. The van der Waals surface area contributed by atoms with Crippen LogP contribution < -0.4 is 0 Å². The number of hydrogen-bond donors (Lipinski definition) is 0. The van der Waals surface area contributed by atoms with Crippen molar-refractivity contribution < 1.29 is 4.79 Å². The van der Waals surface area contributed by atoms with Crippen molar-refractivity contribution in [3.05, 3.63) is 0 Å². The number of Topliss-reactive ketones (excluding diaryl/α,β-unsaturated/α-hetero) is 1. The highest BCUT2D eigenvalue weighted by atomic mass is 32.2. The van der Waals surface area contributed by atoms with Gasteiger partial charge in [0.2, 0.25) is 0 Å². The van der Waals surface area contributed by atoms with E-state index in [1.54, 1.807) is 6.92 Å². The monoisotopic (exact) mass is 119 g/mol. The molecule has 0 bridgehead atoms. The Hall–Kier alpha value is 0.0200. The molecular formula is C5H11OS+. The van der Waals surface area contributed by atoms with E-state index in [1.807, 2.05) is 0 Å². The van der Waals surface area contributed by atoms with Crippen LogP contribution in [0.25, 0.3) is 0 Å². The molecule has 0 heterocycles. The summed E-state index contributed by atoms with van der Waals surface area (Å²) in [6.45, 7) is 1.63. The van der Waals surface area contributed by atoms with Crippen molar-refractivity contribution in [2.24, 2.45) is 0 Å². The summed E-state index contributed by atoms with van der Waals surface area (Å²) in [5.41, 5.74) is 0. The first-order valence-electron chi connectivity index (χ1n) is 2.16. The molecule has 0 aromatic heterocycles. The minimum atomic E-state index is 0.299. The van der Waals surface area contributed by atoms with Gasteiger partial charge in [0.15, 0.2) is 11.5 Å². The zero-order chi connectivity index (χ0) is 5.86. The Morgan fingerprint density at radius 1 is 1.57 bits per heavy atom. The smallest absolute Gasteiger partial charge is 0.178 e. The lowest BCUT2D eigenvalue weighted by Crippen LogP contribution is -2.09. The molecule has 0 unspecified atom stereocenters. The quantitative estimate of drug-likeness (QED) is 0.482. The fourth-order valence-electron chi connectivity index (χ4n) is 0.407. The molecule has 0 aliphatic heterocycles. The Kier molecular flexibility index (Phi) is 3.09. The fraction of sp³-hybridized carbons (Fsp3) is 0.800. The Labute approximate surface area is 47.5 Å². The summed E-state index contributed by atoms with van der Waals surface area (Å²) in [7, 11) is 0.305. The van der Waals surface area contributed by atoms with Gasteiger partial charge < -0.3 is 0 Å². The van der Waals surface area contributed by atoms with Crippen molar-refractivity contribution in [1.82, 2.24) is 0 Å². The minimum Gasteiger partial charge on any atom is -0.295 e. The number of hydrogen-bond acceptors (Lipinski definition) is 1. The summed E-state index contributed by atoms with van der Waals surface area (Å²) in [5.74, 6) is 1.05. The number of rotatable bonds is 2. The van der Waals surface area contributed by atoms with Crippen LogP contribution in [0, 0.1) is 0 Å². The van der Waals surface area contributed by atoms with E-state index in [-0.39, 0.29) is 0 Å². The highest BCUT2D eigenvalue weighted by Crippen LogP contribution is 1.82. The number of ketones is 1. The van der Waals surface area contributed by atoms with E-state index in [2.05, 4.69) is 12.5 Å². The maximum Gasteiger partial charge on any atom is 0.178 e. The van der Waals surface area contributed by atoms with Crippen LogP contribution >= 0.6 is 0 Å². The molecule has 0 N–H and O–H groups in total. The van der Waals surface area contributed by atoms with E-state index in [9.17, 15) is 4.79 Å². The number of carbonyl (C=O) groups is 1. The van der Waals surface area contributed by atoms with Crippen molar-refractivity contribution in [3.63, 3.8) is 0 Å². The molecule has 0 radical (unpaired) electrons. The van der Waals surface area contributed by atoms with Crippen molar-refractivity contribution in [2.45, 2.75) is 6.92 Å². The van der Waals surface area contributed by atoms with Gasteiger partial charge in [0.25, 0.3) is 0 Å². The van der Waals surface area contributed by atoms with Crippen LogP contribution in [0.3, 0.4) is 0 Å². The normalized spacial score (nSPS) is 9.71. The fourth-order valence-corrected chi connectivity index (χ4v) is 1.22. The van der Waals surface area contributed by atoms with Gasteiger partial charge in [-0.25, -0.2) is 0 Å². The molecule has 0 amide bonds. The molecule has 0 aliphatic carbocycles. The van der Waals surface area contributed by atoms with Gasteiger partial charge >= 0.3 is 0 Å². The molecule has 0 aliphatic rings. The molecule has 0 aromatic carbocycles. The predicted octanol–water partition coefficient (Wildman–Crippen LogP) is 0.453. The SMILES string of the molecule is CC(=O)C[S+](C)C. The third-order valence-corrected chi connectivity index (χ3v) is 1.48. The Balaban J connectivity index is 3.13. The van der Waals surface area contributed by atoms with Crippen LogP contribution in [0.4, 0.5) is 0 Å². The van der Waals surface area contributed by atoms with Gasteiger partial charge in [-0.15, -0.1) is 0 Å². The second kappa shape index (κ2) is 3.08. The maximum absolute atomic E-state index is 10.3. The first-order valence-corrected chi connectivity index (χ1v) is 4.37. The predicted molar refractivity (Wildman–Crippen MR) is 34.8 cm³/mol. The molecule has 7 heavy (non-hydrogen) atoms. The Morgan fingerprint density at radius 3 is 2.00 bits per heavy atom. The van der Waals surface area contributed by atoms with Crippen molar-refractivity contribution in [2.75, 3.05) is 18.3 Å². The molecule has 0 saturated heterocycles. The standard InChI is InChI=1S/C5H11OS/c1-5(6)4-7(2)3/h4H2,1-3H3/q+1. The lowest BCUT2D eigenvalue weighted by Gasteiger charge is -1.87. The molecule has 0 aromatic rings. The van der Waals surface area contributed by atoms with Crippen molar-refractivity contribution in [1.29, 1.82) is 0 Å². The van der Waals surface area contributed by atoms with E-state index in [0.717, 1.165) is 5.75 Å². The van der Waals surface area contributed by atoms with Gasteiger partial charge in [0.1, 0.15) is 0 Å². The average molecular weight is 119 g/mol. The van der Waals surface area contributed by atoms with E-state index >= 15 is 0 Å². The lowest BCUT2D eigenvalue weighted by atomic mass is 10.5. The first kappa shape index (κ1) is 7.02. The molecule has 0 rings (SSSR count). The summed E-state index contributed by atoms with van der Waals surface area (Å²) in [6, 6.07) is 0. The highest BCUT2D eigenvalue weighted by molar-refractivity contribution is 7.96. The van der Waals surface area contributed by atoms with Crippen LogP contribution in [0.2, 0.25) is 0 Å². The maximum atomic E-state index is 10.3. The van der Waals surface area contributed by atoms with Crippen LogP contribution in [0.1, 0.15) is 6.92 Å². The van der Waals surface area contributed by atoms with Gasteiger partial charge in [-0.2, -0.15) is 0 Å². The largest absolute Gasteiger partial charge is 0.295 e. The summed E-state index contributed by atoms with van der Waals surface area (Å²) >= 11 is 0. The van der Waals surface area contributed by atoms with Crippen LogP contribution in [0.15, 0.2) is 0 Å². The second-order valence-corrected chi connectivity index (χ2v) is 4.09. The molecule has 0 atom stereocenters. The molecule has 42 valence electrons. The van der Waals surface area contributed by atoms with Crippen molar-refractivity contribution in [3.8, 4) is 0 Å². The van der Waals surface area contributed by atoms with Crippen LogP contribution in [-0.2, 0) is 15.7 Å². The minimum absolute atomic E-state index is 0.299. The van der Waals surface area contributed by atoms with E-state index < -0.39 is 0 Å². The molecule has 0 fully saturated rings. The molecule has 1 nitrogen and oxygen atoms in total. The molecule has 0 saturated carbocycles. The lowest BCUT2D eigenvalue weighted by molar-refractivity contribution is -0.114. The summed E-state index contributed by atoms with van der Waals surface area (Å²) in [5, 5.41) is 0. The second-order valence-electron chi connectivity index (χ2n) is 1.83. The van der Waals surface area contributed by atoms with Gasteiger partial charge in [-0.05, 0) is 17.8 Å². The van der Waals surface area contributed by atoms with Crippen LogP contribution in [0.5, 0.6) is 0 Å². The van der Waals surface area contributed by atoms with Gasteiger partial charge in [0.05, 0.1) is 12.5 Å². The van der Waals surface area contributed by atoms with Gasteiger partial charge in [-0.1, -0.05) is 0 Å². The third-order valence-electron chi connectivity index (χ3n) is 0.492.